The van der Waals surface area contributed by atoms with E-state index in [1.54, 1.807) is 7.11 Å². The number of halogens is 1. The van der Waals surface area contributed by atoms with Crippen LogP contribution in [0, 0.1) is 13.8 Å². The molecular formula is C14H24ClN3O. The first-order chi connectivity index (χ1) is 9.04. The Hall–Kier alpha value is -0.870. The van der Waals surface area contributed by atoms with Gasteiger partial charge >= 0.3 is 0 Å². The third kappa shape index (κ3) is 4.05. The van der Waals surface area contributed by atoms with E-state index in [-0.39, 0.29) is 0 Å². The van der Waals surface area contributed by atoms with Crippen molar-refractivity contribution in [2.75, 3.05) is 25.2 Å². The highest BCUT2D eigenvalue weighted by Gasteiger charge is 2.20. The van der Waals surface area contributed by atoms with E-state index in [1.165, 1.54) is 0 Å². The molecule has 5 heteroatoms. The molecular weight excluding hydrogens is 262 g/mol. The first-order valence-electron chi connectivity index (χ1n) is 6.81. The monoisotopic (exact) mass is 285 g/mol. The van der Waals surface area contributed by atoms with Crippen molar-refractivity contribution in [2.24, 2.45) is 0 Å². The Morgan fingerprint density at radius 3 is 2.37 bits per heavy atom. The quantitative estimate of drug-likeness (QED) is 0.720. The van der Waals surface area contributed by atoms with Gasteiger partial charge < -0.3 is 9.64 Å². The summed E-state index contributed by atoms with van der Waals surface area (Å²) in [5.41, 5.74) is 0.940. The van der Waals surface area contributed by atoms with Gasteiger partial charge in [0.1, 0.15) is 16.8 Å². The van der Waals surface area contributed by atoms with E-state index in [0.717, 1.165) is 30.8 Å². The number of anilines is 1. The Balaban J connectivity index is 3.15. The number of hydrogen-bond acceptors (Lipinski definition) is 4. The number of hydrogen-bond donors (Lipinski definition) is 0. The number of methoxy groups -OCH3 is 1. The lowest BCUT2D eigenvalue weighted by Gasteiger charge is -2.32. The van der Waals surface area contributed by atoms with Gasteiger partial charge in [-0.1, -0.05) is 25.4 Å². The van der Waals surface area contributed by atoms with Crippen LogP contribution in [0.1, 0.15) is 38.1 Å². The Morgan fingerprint density at radius 1 is 1.21 bits per heavy atom. The smallest absolute Gasteiger partial charge is 0.137 e. The van der Waals surface area contributed by atoms with Gasteiger partial charge in [0, 0.05) is 25.3 Å². The van der Waals surface area contributed by atoms with Crippen LogP contribution in [-0.4, -0.2) is 36.3 Å². The van der Waals surface area contributed by atoms with Gasteiger partial charge in [0.25, 0.3) is 0 Å². The highest BCUT2D eigenvalue weighted by Crippen LogP contribution is 2.26. The molecule has 0 radical (unpaired) electrons. The lowest BCUT2D eigenvalue weighted by Crippen LogP contribution is -2.38. The van der Waals surface area contributed by atoms with Gasteiger partial charge in [0.05, 0.1) is 6.61 Å². The molecule has 0 bridgehead atoms. The second-order valence-corrected chi connectivity index (χ2v) is 5.02. The standard InChI is InChI=1S/C14H24ClN3O/c1-6-12(7-2)18(8-9-19-5)14-10(3)13(15)16-11(4)17-14/h12H,6-9H2,1-5H3. The topological polar surface area (TPSA) is 38.2 Å². The maximum atomic E-state index is 6.18. The van der Waals surface area contributed by atoms with Crippen LogP contribution in [0.4, 0.5) is 5.82 Å². The summed E-state index contributed by atoms with van der Waals surface area (Å²) in [6, 6.07) is 0.444. The zero-order chi connectivity index (χ0) is 14.4. The second kappa shape index (κ2) is 7.65. The summed E-state index contributed by atoms with van der Waals surface area (Å²) in [7, 11) is 1.72. The Kier molecular flexibility index (Phi) is 6.52. The molecule has 4 nitrogen and oxygen atoms in total. The second-order valence-electron chi connectivity index (χ2n) is 4.67. The average molecular weight is 286 g/mol. The number of nitrogens with zero attached hydrogens (tertiary/aromatic N) is 3. The van der Waals surface area contributed by atoms with Crippen LogP contribution in [0.2, 0.25) is 5.15 Å². The summed E-state index contributed by atoms with van der Waals surface area (Å²) in [4.78, 5) is 11.1. The average Bonchev–Trinajstić information content (AvgIpc) is 2.39. The van der Waals surface area contributed by atoms with Crippen LogP contribution in [0.15, 0.2) is 0 Å². The summed E-state index contributed by atoms with van der Waals surface area (Å²) >= 11 is 6.18. The van der Waals surface area contributed by atoms with Crippen molar-refractivity contribution in [3.63, 3.8) is 0 Å². The zero-order valence-corrected chi connectivity index (χ0v) is 13.3. The minimum atomic E-state index is 0.444. The van der Waals surface area contributed by atoms with Crippen LogP contribution in [-0.2, 0) is 4.74 Å². The van der Waals surface area contributed by atoms with Crippen molar-refractivity contribution in [1.82, 2.24) is 9.97 Å². The predicted octanol–water partition coefficient (Wildman–Crippen LogP) is 3.39. The van der Waals surface area contributed by atoms with E-state index < -0.39 is 0 Å². The number of aryl methyl sites for hydroxylation is 1. The van der Waals surface area contributed by atoms with Crippen molar-refractivity contribution in [3.05, 3.63) is 16.5 Å². The highest BCUT2D eigenvalue weighted by atomic mass is 35.5. The number of rotatable bonds is 7. The fraction of sp³-hybridized carbons (Fsp3) is 0.714. The van der Waals surface area contributed by atoms with Gasteiger partial charge in [-0.25, -0.2) is 9.97 Å². The van der Waals surface area contributed by atoms with Gasteiger partial charge in [-0.2, -0.15) is 0 Å². The van der Waals surface area contributed by atoms with E-state index >= 15 is 0 Å². The molecule has 0 amide bonds. The molecule has 1 heterocycles. The van der Waals surface area contributed by atoms with Gasteiger partial charge in [0.2, 0.25) is 0 Å². The fourth-order valence-electron chi connectivity index (χ4n) is 2.24. The minimum absolute atomic E-state index is 0.444. The summed E-state index contributed by atoms with van der Waals surface area (Å²) in [6.07, 6.45) is 2.14. The molecule has 0 unspecified atom stereocenters. The largest absolute Gasteiger partial charge is 0.383 e. The molecule has 0 aliphatic rings. The lowest BCUT2D eigenvalue weighted by atomic mass is 10.1. The van der Waals surface area contributed by atoms with Crippen LogP contribution in [0.3, 0.4) is 0 Å². The van der Waals surface area contributed by atoms with E-state index in [9.17, 15) is 0 Å². The van der Waals surface area contributed by atoms with Crippen molar-refractivity contribution < 1.29 is 4.74 Å². The van der Waals surface area contributed by atoms with Gasteiger partial charge in [-0.3, -0.25) is 0 Å². The molecule has 0 saturated heterocycles. The molecule has 108 valence electrons. The normalized spacial score (nSPS) is 11.1. The molecule has 1 rings (SSSR count). The van der Waals surface area contributed by atoms with Crippen molar-refractivity contribution in [2.45, 2.75) is 46.6 Å². The molecule has 0 aliphatic carbocycles. The van der Waals surface area contributed by atoms with Crippen LogP contribution in [0.5, 0.6) is 0 Å². The van der Waals surface area contributed by atoms with Crippen LogP contribution in [0.25, 0.3) is 0 Å². The first-order valence-corrected chi connectivity index (χ1v) is 7.19. The van der Waals surface area contributed by atoms with Crippen molar-refractivity contribution >= 4 is 17.4 Å². The molecule has 0 aromatic carbocycles. The highest BCUT2D eigenvalue weighted by molar-refractivity contribution is 6.30. The predicted molar refractivity (Wildman–Crippen MR) is 80.1 cm³/mol. The Morgan fingerprint density at radius 2 is 1.84 bits per heavy atom. The molecule has 0 aliphatic heterocycles. The first kappa shape index (κ1) is 16.2. The van der Waals surface area contributed by atoms with Crippen molar-refractivity contribution in [1.29, 1.82) is 0 Å². The van der Waals surface area contributed by atoms with Gasteiger partial charge in [-0.15, -0.1) is 0 Å². The van der Waals surface area contributed by atoms with Crippen molar-refractivity contribution in [3.8, 4) is 0 Å². The minimum Gasteiger partial charge on any atom is -0.383 e. The van der Waals surface area contributed by atoms with Gasteiger partial charge in [-0.05, 0) is 26.7 Å². The third-order valence-corrected chi connectivity index (χ3v) is 3.73. The molecule has 0 atom stereocenters. The summed E-state index contributed by atoms with van der Waals surface area (Å²) in [5.74, 6) is 1.64. The molecule has 0 N–H and O–H groups in total. The fourth-order valence-corrected chi connectivity index (χ4v) is 2.45. The number of ether oxygens (including phenoxy) is 1. The molecule has 19 heavy (non-hydrogen) atoms. The maximum Gasteiger partial charge on any atom is 0.137 e. The summed E-state index contributed by atoms with van der Waals surface area (Å²) < 4.78 is 5.22. The Labute approximate surface area is 121 Å². The van der Waals surface area contributed by atoms with Crippen LogP contribution >= 0.6 is 11.6 Å². The van der Waals surface area contributed by atoms with E-state index in [0.29, 0.717) is 23.6 Å². The van der Waals surface area contributed by atoms with Crippen LogP contribution < -0.4 is 4.90 Å². The molecule has 0 fully saturated rings. The van der Waals surface area contributed by atoms with E-state index in [1.807, 2.05) is 13.8 Å². The van der Waals surface area contributed by atoms with E-state index in [4.69, 9.17) is 16.3 Å². The zero-order valence-electron chi connectivity index (χ0n) is 12.5. The number of aromatic nitrogens is 2. The summed E-state index contributed by atoms with van der Waals surface area (Å²) in [6.45, 7) is 9.72. The SMILES string of the molecule is CCC(CC)N(CCOC)c1nc(C)nc(Cl)c1C. The van der Waals surface area contributed by atoms with Gasteiger partial charge in [0.15, 0.2) is 0 Å². The lowest BCUT2D eigenvalue weighted by molar-refractivity contribution is 0.202. The maximum absolute atomic E-state index is 6.18. The van der Waals surface area contributed by atoms with E-state index in [2.05, 4.69) is 28.7 Å². The summed E-state index contributed by atoms with van der Waals surface area (Å²) in [5, 5.41) is 0.538. The molecule has 1 aromatic heterocycles. The Bertz CT molecular complexity index is 408. The molecule has 1 aromatic rings. The third-order valence-electron chi connectivity index (χ3n) is 3.36. The molecule has 0 spiro atoms. The molecule has 0 saturated carbocycles.